The number of carbonyl (C=O) groups is 2. The Hall–Kier alpha value is -3.33. The number of rotatable bonds is 6. The number of likely N-dealkylation sites (N-methyl/N-ethyl adjacent to an activating group) is 1. The van der Waals surface area contributed by atoms with Crippen LogP contribution in [0.2, 0.25) is 0 Å². The fourth-order valence-electron chi connectivity index (χ4n) is 2.90. The van der Waals surface area contributed by atoms with E-state index in [0.29, 0.717) is 12.1 Å². The normalized spacial score (nSPS) is 11.5. The van der Waals surface area contributed by atoms with Crippen LogP contribution in [0.25, 0.3) is 11.1 Å². The van der Waals surface area contributed by atoms with Crippen molar-refractivity contribution in [2.24, 2.45) is 5.92 Å². The number of amides is 2. The van der Waals surface area contributed by atoms with Gasteiger partial charge in [-0.1, -0.05) is 56.3 Å². The average molecular weight is 365 g/mol. The molecule has 0 aliphatic heterocycles. The third-order valence-corrected chi connectivity index (χ3v) is 4.23. The molecule has 140 valence electrons. The number of hydrogen-bond acceptors (Lipinski definition) is 3. The maximum absolute atomic E-state index is 12.6. The Morgan fingerprint density at radius 3 is 2.07 bits per heavy atom. The number of nitriles is 1. The van der Waals surface area contributed by atoms with Gasteiger partial charge < -0.3 is 5.11 Å². The molecule has 0 aliphatic rings. The number of anilines is 1. The van der Waals surface area contributed by atoms with Gasteiger partial charge in [-0.25, -0.2) is 4.79 Å². The zero-order valence-electron chi connectivity index (χ0n) is 15.7. The van der Waals surface area contributed by atoms with E-state index >= 15 is 0 Å². The SMILES string of the molecule is CC(C)CC(C(=O)N(C)C#N)N(C(=O)O)c1ccc(-c2ccccc2)cc1. The second kappa shape index (κ2) is 8.86. The number of benzene rings is 2. The highest BCUT2D eigenvalue weighted by atomic mass is 16.4. The third-order valence-electron chi connectivity index (χ3n) is 4.23. The largest absolute Gasteiger partial charge is 0.465 e. The molecule has 2 aromatic carbocycles. The molecular formula is C21H23N3O3. The summed E-state index contributed by atoms with van der Waals surface area (Å²) < 4.78 is 0. The highest BCUT2D eigenvalue weighted by molar-refractivity contribution is 5.97. The minimum Gasteiger partial charge on any atom is -0.465 e. The summed E-state index contributed by atoms with van der Waals surface area (Å²) in [6, 6.07) is 15.8. The van der Waals surface area contributed by atoms with Crippen LogP contribution in [0.3, 0.4) is 0 Å². The molecular weight excluding hydrogens is 342 g/mol. The van der Waals surface area contributed by atoms with Crippen molar-refractivity contribution in [1.29, 1.82) is 5.26 Å². The summed E-state index contributed by atoms with van der Waals surface area (Å²) >= 11 is 0. The molecule has 0 saturated heterocycles. The van der Waals surface area contributed by atoms with E-state index in [1.165, 1.54) is 7.05 Å². The van der Waals surface area contributed by atoms with Gasteiger partial charge in [0.15, 0.2) is 6.19 Å². The van der Waals surface area contributed by atoms with Gasteiger partial charge in [0.05, 0.1) is 0 Å². The Balaban J connectivity index is 2.40. The highest BCUT2D eigenvalue weighted by Gasteiger charge is 2.33. The van der Waals surface area contributed by atoms with Crippen molar-refractivity contribution >= 4 is 17.7 Å². The summed E-state index contributed by atoms with van der Waals surface area (Å²) in [6.07, 6.45) is 0.847. The summed E-state index contributed by atoms with van der Waals surface area (Å²) in [4.78, 5) is 26.5. The lowest BCUT2D eigenvalue weighted by molar-refractivity contribution is -0.128. The second-order valence-electron chi connectivity index (χ2n) is 6.71. The monoisotopic (exact) mass is 365 g/mol. The summed E-state index contributed by atoms with van der Waals surface area (Å²) in [5, 5.41) is 18.8. The van der Waals surface area contributed by atoms with Crippen LogP contribution >= 0.6 is 0 Å². The molecule has 6 nitrogen and oxygen atoms in total. The quantitative estimate of drug-likeness (QED) is 0.614. The van der Waals surface area contributed by atoms with Gasteiger partial charge in [0.25, 0.3) is 5.91 Å². The molecule has 0 radical (unpaired) electrons. The van der Waals surface area contributed by atoms with Crippen molar-refractivity contribution in [2.75, 3.05) is 11.9 Å². The van der Waals surface area contributed by atoms with Gasteiger partial charge in [0.2, 0.25) is 0 Å². The van der Waals surface area contributed by atoms with E-state index in [0.717, 1.165) is 20.9 Å². The summed E-state index contributed by atoms with van der Waals surface area (Å²) in [5.74, 6) is -0.461. The van der Waals surface area contributed by atoms with Crippen molar-refractivity contribution in [2.45, 2.75) is 26.3 Å². The summed E-state index contributed by atoms with van der Waals surface area (Å²) in [5.41, 5.74) is 2.36. The Morgan fingerprint density at radius 1 is 1.04 bits per heavy atom. The lowest BCUT2D eigenvalue weighted by atomic mass is 10.00. The number of carbonyl (C=O) groups excluding carboxylic acids is 1. The van der Waals surface area contributed by atoms with Gasteiger partial charge in [-0.05, 0) is 35.6 Å². The molecule has 0 fully saturated rings. The smallest absolute Gasteiger partial charge is 0.412 e. The summed E-state index contributed by atoms with van der Waals surface area (Å²) in [7, 11) is 1.34. The van der Waals surface area contributed by atoms with Crippen molar-refractivity contribution in [3.63, 3.8) is 0 Å². The lowest BCUT2D eigenvalue weighted by Gasteiger charge is -2.30. The van der Waals surface area contributed by atoms with Crippen molar-refractivity contribution in [3.8, 4) is 17.3 Å². The number of carboxylic acid groups (broad SMARTS) is 1. The lowest BCUT2D eigenvalue weighted by Crippen LogP contribution is -2.49. The molecule has 1 unspecified atom stereocenters. The molecule has 1 N–H and O–H groups in total. The topological polar surface area (TPSA) is 84.6 Å². The fraction of sp³-hybridized carbons (Fsp3) is 0.286. The standard InChI is InChI=1S/C21H23N3O3/c1-15(2)13-19(20(25)23(3)14-22)24(21(26)27)18-11-9-17(10-12-18)16-7-5-4-6-8-16/h4-12,15,19H,13H2,1-3H3,(H,26,27). The van der Waals surface area contributed by atoms with Gasteiger partial charge in [-0.15, -0.1) is 0 Å². The molecule has 2 amide bonds. The summed E-state index contributed by atoms with van der Waals surface area (Å²) in [6.45, 7) is 3.82. The van der Waals surface area contributed by atoms with Gasteiger partial charge in [-0.3, -0.25) is 14.6 Å². The van der Waals surface area contributed by atoms with E-state index in [9.17, 15) is 14.7 Å². The molecule has 6 heteroatoms. The Kier molecular flexibility index (Phi) is 6.56. The molecule has 0 aliphatic carbocycles. The zero-order valence-corrected chi connectivity index (χ0v) is 15.7. The van der Waals surface area contributed by atoms with Crippen LogP contribution in [0.1, 0.15) is 20.3 Å². The fourth-order valence-corrected chi connectivity index (χ4v) is 2.90. The van der Waals surface area contributed by atoms with Crippen LogP contribution in [0, 0.1) is 17.4 Å². The zero-order chi connectivity index (χ0) is 20.0. The highest BCUT2D eigenvalue weighted by Crippen LogP contribution is 2.26. The maximum Gasteiger partial charge on any atom is 0.412 e. The first-order valence-electron chi connectivity index (χ1n) is 8.70. The first-order chi connectivity index (χ1) is 12.8. The van der Waals surface area contributed by atoms with Crippen molar-refractivity contribution in [3.05, 3.63) is 54.6 Å². The van der Waals surface area contributed by atoms with Gasteiger partial charge in [0.1, 0.15) is 6.04 Å². The molecule has 2 rings (SSSR count). The van der Waals surface area contributed by atoms with E-state index in [-0.39, 0.29) is 5.92 Å². The minimum absolute atomic E-state index is 0.0801. The first kappa shape index (κ1) is 20.0. The van der Waals surface area contributed by atoms with Gasteiger partial charge in [-0.2, -0.15) is 5.26 Å². The molecule has 0 heterocycles. The van der Waals surface area contributed by atoms with Crippen molar-refractivity contribution in [1.82, 2.24) is 4.90 Å². The molecule has 0 aromatic heterocycles. The van der Waals surface area contributed by atoms with Crippen molar-refractivity contribution < 1.29 is 14.7 Å². The number of hydrogen-bond donors (Lipinski definition) is 1. The van der Waals surface area contributed by atoms with Gasteiger partial charge >= 0.3 is 6.09 Å². The van der Waals surface area contributed by atoms with Gasteiger partial charge in [0, 0.05) is 12.7 Å². The van der Waals surface area contributed by atoms with E-state index < -0.39 is 18.0 Å². The van der Waals surface area contributed by atoms with E-state index in [4.69, 9.17) is 5.26 Å². The molecule has 0 bridgehead atoms. The number of nitrogens with zero attached hydrogens (tertiary/aromatic N) is 3. The molecule has 2 aromatic rings. The molecule has 0 saturated carbocycles. The predicted molar refractivity (Wildman–Crippen MR) is 104 cm³/mol. The Bertz CT molecular complexity index is 826. The van der Waals surface area contributed by atoms with E-state index in [1.54, 1.807) is 18.3 Å². The minimum atomic E-state index is -1.23. The first-order valence-corrected chi connectivity index (χ1v) is 8.70. The Labute approximate surface area is 159 Å². The van der Waals surface area contributed by atoms with Crippen LogP contribution in [0.4, 0.5) is 10.5 Å². The predicted octanol–water partition coefficient (Wildman–Crippen LogP) is 4.19. The Morgan fingerprint density at radius 2 is 1.59 bits per heavy atom. The average Bonchev–Trinajstić information content (AvgIpc) is 2.67. The van der Waals surface area contributed by atoms with E-state index in [2.05, 4.69) is 0 Å². The molecule has 0 spiro atoms. The maximum atomic E-state index is 12.6. The van der Waals surface area contributed by atoms with Crippen LogP contribution in [0.5, 0.6) is 0 Å². The molecule has 27 heavy (non-hydrogen) atoms. The van der Waals surface area contributed by atoms with Crippen LogP contribution in [-0.2, 0) is 4.79 Å². The van der Waals surface area contributed by atoms with Crippen LogP contribution in [0.15, 0.2) is 54.6 Å². The van der Waals surface area contributed by atoms with Crippen LogP contribution in [-0.4, -0.2) is 35.1 Å². The molecule has 1 atom stereocenters. The third kappa shape index (κ3) is 4.85. The second-order valence-corrected chi connectivity index (χ2v) is 6.71. The van der Waals surface area contributed by atoms with E-state index in [1.807, 2.05) is 56.3 Å². The van der Waals surface area contributed by atoms with Crippen LogP contribution < -0.4 is 4.90 Å².